The van der Waals surface area contributed by atoms with E-state index in [2.05, 4.69) is 26.0 Å². The van der Waals surface area contributed by atoms with Gasteiger partial charge in [-0.2, -0.15) is 0 Å². The van der Waals surface area contributed by atoms with Crippen molar-refractivity contribution >= 4 is 35.1 Å². The van der Waals surface area contributed by atoms with Crippen molar-refractivity contribution in [3.63, 3.8) is 0 Å². The van der Waals surface area contributed by atoms with Gasteiger partial charge in [0.15, 0.2) is 5.78 Å². The number of carbonyl (C=O) groups is 5. The van der Waals surface area contributed by atoms with Crippen LogP contribution in [-0.4, -0.2) is 61.0 Å². The maximum Gasteiger partial charge on any atom is 0.522 e. The Bertz CT molecular complexity index is 1070. The summed E-state index contributed by atoms with van der Waals surface area (Å²) in [6, 6.07) is 2.75. The number of hydrogen-bond donors (Lipinski definition) is 4. The average molecular weight is 571 g/mol. The number of ketones is 1. The van der Waals surface area contributed by atoms with Crippen molar-refractivity contribution in [2.45, 2.75) is 78.2 Å². The number of Topliss-reactive ketones (excluding diaryl/α,β-unsaturated/α-hetero) is 1. The molecule has 40 heavy (non-hydrogen) atoms. The molecule has 3 atom stereocenters. The van der Waals surface area contributed by atoms with Gasteiger partial charge in [0.1, 0.15) is 12.6 Å². The molecule has 4 amide bonds. The van der Waals surface area contributed by atoms with Crippen molar-refractivity contribution in [2.24, 2.45) is 11.8 Å². The number of ether oxygens (including phenoxy) is 1. The van der Waals surface area contributed by atoms with E-state index < -0.39 is 54.5 Å². The van der Waals surface area contributed by atoms with E-state index in [0.29, 0.717) is 31.5 Å². The number of anilines is 1. The van der Waals surface area contributed by atoms with Gasteiger partial charge in [-0.05, 0) is 49.1 Å². The summed E-state index contributed by atoms with van der Waals surface area (Å²) in [6.07, 6.45) is -3.69. The minimum atomic E-state index is -5.06. The van der Waals surface area contributed by atoms with Gasteiger partial charge in [0, 0.05) is 18.2 Å². The van der Waals surface area contributed by atoms with Crippen LogP contribution < -0.4 is 21.3 Å². The zero-order valence-corrected chi connectivity index (χ0v) is 23.1. The van der Waals surface area contributed by atoms with Crippen LogP contribution in [0.25, 0.3) is 0 Å². The molecule has 1 aromatic rings. The van der Waals surface area contributed by atoms with Crippen molar-refractivity contribution < 1.29 is 41.9 Å². The van der Waals surface area contributed by atoms with E-state index >= 15 is 0 Å². The van der Waals surface area contributed by atoms with Gasteiger partial charge < -0.3 is 21.3 Å². The van der Waals surface area contributed by atoms with Crippen LogP contribution in [0, 0.1) is 11.8 Å². The summed E-state index contributed by atoms with van der Waals surface area (Å²) in [4.78, 5) is 63.4. The van der Waals surface area contributed by atoms with Gasteiger partial charge in [-0.15, -0.1) is 13.2 Å². The third-order valence-corrected chi connectivity index (χ3v) is 6.54. The van der Waals surface area contributed by atoms with E-state index in [0.717, 1.165) is 11.1 Å². The van der Waals surface area contributed by atoms with E-state index in [4.69, 9.17) is 0 Å². The van der Waals surface area contributed by atoms with Crippen molar-refractivity contribution in [3.05, 3.63) is 29.3 Å². The van der Waals surface area contributed by atoms with Gasteiger partial charge in [0.25, 0.3) is 0 Å². The van der Waals surface area contributed by atoms with E-state index in [1.807, 2.05) is 32.0 Å². The maximum absolute atomic E-state index is 13.2. The third kappa shape index (κ3) is 9.92. The third-order valence-electron chi connectivity index (χ3n) is 6.54. The lowest BCUT2D eigenvalue weighted by Crippen LogP contribution is -2.54. The molecule has 2 rings (SSSR count). The molecule has 10 nitrogen and oxygen atoms in total. The number of alkyl halides is 3. The summed E-state index contributed by atoms with van der Waals surface area (Å²) >= 11 is 0. The van der Waals surface area contributed by atoms with Crippen LogP contribution in [0.3, 0.4) is 0 Å². The number of benzene rings is 1. The van der Waals surface area contributed by atoms with Crippen LogP contribution in [-0.2, 0) is 41.6 Å². The topological polar surface area (TPSA) is 143 Å². The van der Waals surface area contributed by atoms with Crippen LogP contribution in [0.4, 0.5) is 18.9 Å². The number of amides is 4. The average Bonchev–Trinajstić information content (AvgIpc) is 3.29. The normalized spacial score (nSPS) is 16.7. The van der Waals surface area contributed by atoms with E-state index in [9.17, 15) is 37.1 Å². The first-order valence-electron chi connectivity index (χ1n) is 13.3. The van der Waals surface area contributed by atoms with Crippen molar-refractivity contribution in [2.75, 3.05) is 18.5 Å². The van der Waals surface area contributed by atoms with Crippen LogP contribution in [0.15, 0.2) is 18.2 Å². The highest BCUT2D eigenvalue weighted by molar-refractivity contribution is 6.40. The summed E-state index contributed by atoms with van der Waals surface area (Å²) in [5, 5.41) is 9.94. The van der Waals surface area contributed by atoms with E-state index in [1.165, 1.54) is 0 Å². The second kappa shape index (κ2) is 14.8. The Morgan fingerprint density at radius 1 is 1.02 bits per heavy atom. The maximum atomic E-state index is 13.2. The molecule has 0 aliphatic carbocycles. The minimum Gasteiger partial charge on any atom is -0.356 e. The van der Waals surface area contributed by atoms with E-state index in [1.54, 1.807) is 13.8 Å². The predicted molar refractivity (Wildman–Crippen MR) is 140 cm³/mol. The summed E-state index contributed by atoms with van der Waals surface area (Å²) in [5.74, 6) is -5.27. The van der Waals surface area contributed by atoms with Gasteiger partial charge in [0.2, 0.25) is 11.8 Å². The molecule has 1 aliphatic heterocycles. The molecule has 4 N–H and O–H groups in total. The fourth-order valence-electron chi connectivity index (χ4n) is 4.45. The van der Waals surface area contributed by atoms with Gasteiger partial charge in [0.05, 0.1) is 6.04 Å². The summed E-state index contributed by atoms with van der Waals surface area (Å²) in [5.41, 5.74) is 2.17. The SMILES string of the molecule is CCc1cccc(CC)c1NC(=O)C(=O)N[C@@H](CC(C)C)C(=O)N[C@@H](C[C@@H]1CCNC1=O)C(=O)COC(F)(F)F. The Hall–Kier alpha value is -3.48. The standard InChI is InChI=1S/C27H37F3N4O6/c1-5-16-8-7-9-17(6-2)22(16)34-26(39)25(38)33-20(12-15(3)4)24(37)32-19(13-18-10-11-31-23(18)36)21(35)14-40-27(28,29)30/h7-9,15,18-20H,5-6,10-14H2,1-4H3,(H,31,36)(H,32,37)(H,33,38)(H,34,39)/t18-,19-,20-/m0/s1. The number of para-hydroxylation sites is 1. The number of hydrogen-bond acceptors (Lipinski definition) is 6. The van der Waals surface area contributed by atoms with Crippen LogP contribution in [0.1, 0.15) is 58.1 Å². The fourth-order valence-corrected chi connectivity index (χ4v) is 4.45. The summed E-state index contributed by atoms with van der Waals surface area (Å²) in [7, 11) is 0. The largest absolute Gasteiger partial charge is 0.522 e. The number of halogens is 3. The Balaban J connectivity index is 2.19. The molecule has 0 radical (unpaired) electrons. The summed E-state index contributed by atoms with van der Waals surface area (Å²) in [6.45, 7) is 6.31. The molecule has 1 aromatic carbocycles. The first-order valence-corrected chi connectivity index (χ1v) is 13.3. The van der Waals surface area contributed by atoms with Gasteiger partial charge in [-0.1, -0.05) is 45.9 Å². The molecular formula is C27H37F3N4O6. The highest BCUT2D eigenvalue weighted by atomic mass is 19.4. The lowest BCUT2D eigenvalue weighted by Gasteiger charge is -2.25. The first-order chi connectivity index (χ1) is 18.7. The number of rotatable bonds is 13. The predicted octanol–water partition coefficient (Wildman–Crippen LogP) is 2.40. The Morgan fingerprint density at radius 3 is 2.15 bits per heavy atom. The molecule has 0 aromatic heterocycles. The smallest absolute Gasteiger partial charge is 0.356 e. The van der Waals surface area contributed by atoms with Gasteiger partial charge >= 0.3 is 18.2 Å². The molecule has 0 spiro atoms. The molecule has 222 valence electrons. The molecule has 1 fully saturated rings. The van der Waals surface area contributed by atoms with E-state index in [-0.39, 0.29) is 24.7 Å². The quantitative estimate of drug-likeness (QED) is 0.268. The van der Waals surface area contributed by atoms with Crippen LogP contribution in [0.2, 0.25) is 0 Å². The van der Waals surface area contributed by atoms with Crippen LogP contribution >= 0.6 is 0 Å². The second-order valence-electron chi connectivity index (χ2n) is 10.0. The number of nitrogens with one attached hydrogen (secondary N) is 4. The molecule has 0 unspecified atom stereocenters. The van der Waals surface area contributed by atoms with Gasteiger partial charge in [-0.3, -0.25) is 28.7 Å². The highest BCUT2D eigenvalue weighted by Gasteiger charge is 2.36. The lowest BCUT2D eigenvalue weighted by atomic mass is 9.95. The second-order valence-corrected chi connectivity index (χ2v) is 10.0. The lowest BCUT2D eigenvalue weighted by molar-refractivity contribution is -0.321. The number of aryl methyl sites for hydroxylation is 2. The minimum absolute atomic E-state index is 0.0699. The molecule has 0 saturated carbocycles. The monoisotopic (exact) mass is 570 g/mol. The molecule has 13 heteroatoms. The molecule has 1 aliphatic rings. The Kier molecular flexibility index (Phi) is 12.1. The zero-order valence-electron chi connectivity index (χ0n) is 23.1. The molecule has 0 bridgehead atoms. The van der Waals surface area contributed by atoms with Crippen molar-refractivity contribution in [1.82, 2.24) is 16.0 Å². The van der Waals surface area contributed by atoms with Crippen molar-refractivity contribution in [1.29, 1.82) is 0 Å². The fraction of sp³-hybridized carbons (Fsp3) is 0.593. The Morgan fingerprint density at radius 2 is 1.65 bits per heavy atom. The van der Waals surface area contributed by atoms with Crippen molar-refractivity contribution in [3.8, 4) is 0 Å². The zero-order chi connectivity index (χ0) is 30.0. The first kappa shape index (κ1) is 32.7. The molecule has 1 heterocycles. The van der Waals surface area contributed by atoms with Crippen LogP contribution in [0.5, 0.6) is 0 Å². The number of carbonyl (C=O) groups excluding carboxylic acids is 5. The highest BCUT2D eigenvalue weighted by Crippen LogP contribution is 2.23. The van der Waals surface area contributed by atoms with Gasteiger partial charge in [-0.25, -0.2) is 0 Å². The molecular weight excluding hydrogens is 533 g/mol. The summed E-state index contributed by atoms with van der Waals surface area (Å²) < 4.78 is 41.3. The molecule has 1 saturated heterocycles. The Labute approximate surface area is 231 Å².